The number of esters is 1. The second-order valence-electron chi connectivity index (χ2n) is 12.6. The molecule has 2 aliphatic heterocycles. The molecule has 2 aromatic heterocycles. The van der Waals surface area contributed by atoms with Crippen LogP contribution in [0.25, 0.3) is 22.3 Å². The quantitative estimate of drug-likeness (QED) is 0.0251. The van der Waals surface area contributed by atoms with Crippen LogP contribution in [0, 0.1) is 10.1 Å². The van der Waals surface area contributed by atoms with Crippen molar-refractivity contribution in [3.05, 3.63) is 91.3 Å². The molecule has 0 saturated carbocycles. The lowest BCUT2D eigenvalue weighted by Gasteiger charge is -2.37. The van der Waals surface area contributed by atoms with Crippen molar-refractivity contribution < 1.29 is 46.9 Å². The number of nitro benzene ring substituents is 1. The minimum Gasteiger partial charge on any atom is -0.458 e. The smallest absolute Gasteiger partial charge is 0.458 e. The Morgan fingerprint density at radius 1 is 0.962 bits per heavy atom. The molecule has 0 bridgehead atoms. The van der Waals surface area contributed by atoms with Crippen LogP contribution in [0.1, 0.15) is 82.1 Å². The fourth-order valence-corrected chi connectivity index (χ4v) is 8.09. The van der Waals surface area contributed by atoms with E-state index in [-0.39, 0.29) is 61.1 Å². The number of rotatable bonds is 15. The first kappa shape index (κ1) is 37.8. The molecule has 0 radical (unpaired) electrons. The van der Waals surface area contributed by atoms with E-state index in [0.717, 1.165) is 24.0 Å². The van der Waals surface area contributed by atoms with Crippen LogP contribution in [0.5, 0.6) is 11.5 Å². The summed E-state index contributed by atoms with van der Waals surface area (Å²) in [7, 11) is -4.30. The Morgan fingerprint density at radius 2 is 1.62 bits per heavy atom. The topological polar surface area (TPSA) is 185 Å². The Morgan fingerprint density at radius 3 is 2.25 bits per heavy atom. The van der Waals surface area contributed by atoms with Gasteiger partial charge in [0.25, 0.3) is 11.2 Å². The van der Waals surface area contributed by atoms with Crippen LogP contribution in [0.15, 0.2) is 53.3 Å². The fraction of sp³-hybridized carbons (Fsp3) is 0.405. The Bertz CT molecular complexity index is 2170. The van der Waals surface area contributed by atoms with E-state index in [1.165, 1.54) is 24.3 Å². The van der Waals surface area contributed by atoms with Gasteiger partial charge in [0.05, 0.1) is 47.1 Å². The molecule has 4 aromatic rings. The number of ether oxygens (including phenoxy) is 3. The third kappa shape index (κ3) is 7.34. The number of carbonyl (C=O) groups is 2. The largest absolute Gasteiger partial charge is 0.519 e. The van der Waals surface area contributed by atoms with Crippen molar-refractivity contribution in [2.24, 2.45) is 0 Å². The van der Waals surface area contributed by atoms with Crippen molar-refractivity contribution in [1.82, 2.24) is 9.55 Å². The van der Waals surface area contributed by atoms with E-state index in [1.54, 1.807) is 35.8 Å². The summed E-state index contributed by atoms with van der Waals surface area (Å²) < 4.78 is 49.3. The third-order valence-corrected chi connectivity index (χ3v) is 10.8. The van der Waals surface area contributed by atoms with Crippen LogP contribution in [-0.4, -0.2) is 39.8 Å². The number of pyridine rings is 2. The number of hydrogen-bond acceptors (Lipinski definition) is 13. The number of fused-ring (bicyclic) bond motifs is 5. The first-order valence-electron chi connectivity index (χ1n) is 17.6. The zero-order chi connectivity index (χ0) is 37.9. The van der Waals surface area contributed by atoms with E-state index in [1.807, 2.05) is 20.8 Å². The highest BCUT2D eigenvalue weighted by Gasteiger charge is 2.53. The number of non-ortho nitro benzene ring substituents is 1. The van der Waals surface area contributed by atoms with Gasteiger partial charge in [0.1, 0.15) is 18.1 Å². The Kier molecular flexibility index (Phi) is 11.1. The molecule has 0 fully saturated rings. The summed E-state index contributed by atoms with van der Waals surface area (Å²) in [6, 6.07) is 11.6. The molecule has 0 spiro atoms. The molecule has 1 atom stereocenters. The maximum absolute atomic E-state index is 14.2. The Labute approximate surface area is 304 Å². The molecule has 2 aliphatic rings. The van der Waals surface area contributed by atoms with Crippen LogP contribution in [0.3, 0.4) is 0 Å². The van der Waals surface area contributed by atoms with Crippen LogP contribution < -0.4 is 15.0 Å². The normalized spacial score (nSPS) is 16.1. The number of phosphoric acid groups is 1. The molecule has 0 aliphatic carbocycles. The van der Waals surface area contributed by atoms with E-state index >= 15 is 0 Å². The molecule has 16 heteroatoms. The van der Waals surface area contributed by atoms with Gasteiger partial charge >= 0.3 is 19.9 Å². The summed E-state index contributed by atoms with van der Waals surface area (Å²) in [5.74, 6) is -0.549. The van der Waals surface area contributed by atoms with Crippen molar-refractivity contribution in [3.63, 3.8) is 0 Å². The summed E-state index contributed by atoms with van der Waals surface area (Å²) in [5.41, 5.74) is 1.12. The number of benzene rings is 2. The lowest BCUT2D eigenvalue weighted by atomic mass is 9.86. The number of hydrogen-bond donors (Lipinski definition) is 0. The second kappa shape index (κ2) is 15.6. The number of nitro groups is 1. The number of aromatic nitrogens is 2. The summed E-state index contributed by atoms with van der Waals surface area (Å²) >= 11 is 0. The molecule has 0 amide bonds. The van der Waals surface area contributed by atoms with Gasteiger partial charge in [-0.3, -0.25) is 28.5 Å². The standard InChI is InChI=1S/C37H40N3O12P/c1-5-9-17-48-53(46,49-18-10-6-2)52-37(8-4)30-20-32-33-28(21-39(32)34(41)29(30)22-47-35(37)42)26(7-3)27-19-25(15-16-31(27)38-33)51-36(43)50-24-13-11-23(12-14-24)40(44)45/h11-16,19-20H,5-10,17-18,21-22H2,1-4H3. The fourth-order valence-electron chi connectivity index (χ4n) is 6.52. The van der Waals surface area contributed by atoms with Gasteiger partial charge in [0, 0.05) is 28.6 Å². The first-order valence-corrected chi connectivity index (χ1v) is 19.1. The number of carbonyl (C=O) groups excluding carboxylic acids is 2. The molecule has 2 aromatic carbocycles. The summed E-state index contributed by atoms with van der Waals surface area (Å²) in [4.78, 5) is 55.7. The summed E-state index contributed by atoms with van der Waals surface area (Å²) in [6.45, 7) is 7.62. The number of aryl methyl sites for hydroxylation is 1. The van der Waals surface area contributed by atoms with Crippen molar-refractivity contribution in [1.29, 1.82) is 0 Å². The lowest BCUT2D eigenvalue weighted by Crippen LogP contribution is -2.46. The summed E-state index contributed by atoms with van der Waals surface area (Å²) in [5, 5.41) is 11.6. The molecule has 280 valence electrons. The number of nitrogens with zero attached hydrogens (tertiary/aromatic N) is 3. The van der Waals surface area contributed by atoms with Crippen molar-refractivity contribution in [2.45, 2.75) is 85.0 Å². The predicted molar refractivity (Wildman–Crippen MR) is 192 cm³/mol. The van der Waals surface area contributed by atoms with Gasteiger partial charge in [-0.1, -0.05) is 40.5 Å². The molecular formula is C37H40N3O12P. The SMILES string of the molecule is CCCCOP(=O)(OCCCC)OC1(CC)C(=O)OCc2c1cc1n(c2=O)Cc2c-1nc1ccc(OC(=O)Oc3ccc([N+](=O)[O-])cc3)cc1c2CC. The second-order valence-corrected chi connectivity index (χ2v) is 14.2. The molecule has 0 saturated heterocycles. The Balaban J connectivity index is 1.36. The van der Waals surface area contributed by atoms with Gasteiger partial charge in [0.15, 0.2) is 0 Å². The number of cyclic esters (lactones) is 1. The zero-order valence-electron chi connectivity index (χ0n) is 29.9. The van der Waals surface area contributed by atoms with Gasteiger partial charge in [-0.15, -0.1) is 0 Å². The minimum absolute atomic E-state index is 0.0202. The van der Waals surface area contributed by atoms with Gasteiger partial charge in [-0.05, 0) is 67.6 Å². The predicted octanol–water partition coefficient (Wildman–Crippen LogP) is 7.89. The van der Waals surface area contributed by atoms with Crippen LogP contribution in [-0.2, 0) is 52.8 Å². The minimum atomic E-state index is -4.30. The highest BCUT2D eigenvalue weighted by molar-refractivity contribution is 7.48. The average Bonchev–Trinajstić information content (AvgIpc) is 3.51. The molecular weight excluding hydrogens is 709 g/mol. The van der Waals surface area contributed by atoms with Crippen LogP contribution in [0.4, 0.5) is 10.5 Å². The first-order chi connectivity index (χ1) is 25.5. The molecule has 6 rings (SSSR count). The van der Waals surface area contributed by atoms with E-state index in [9.17, 15) is 29.1 Å². The Hall–Kier alpha value is -4.95. The van der Waals surface area contributed by atoms with Crippen molar-refractivity contribution in [3.8, 4) is 22.9 Å². The van der Waals surface area contributed by atoms with Crippen LogP contribution >= 0.6 is 7.82 Å². The third-order valence-electron chi connectivity index (χ3n) is 9.31. The molecule has 1 unspecified atom stereocenters. The molecule has 0 N–H and O–H groups in total. The van der Waals surface area contributed by atoms with E-state index in [4.69, 9.17) is 32.8 Å². The van der Waals surface area contributed by atoms with Crippen LogP contribution in [0.2, 0.25) is 0 Å². The van der Waals surface area contributed by atoms with Gasteiger partial charge < -0.3 is 18.8 Å². The average molecular weight is 750 g/mol. The van der Waals surface area contributed by atoms with E-state index < -0.39 is 36.0 Å². The monoisotopic (exact) mass is 749 g/mol. The maximum Gasteiger partial charge on any atom is 0.519 e. The highest BCUT2D eigenvalue weighted by Crippen LogP contribution is 2.57. The lowest BCUT2D eigenvalue weighted by molar-refractivity contribution is -0.384. The molecule has 53 heavy (non-hydrogen) atoms. The molecule has 15 nitrogen and oxygen atoms in total. The summed E-state index contributed by atoms with van der Waals surface area (Å²) in [6.07, 6.45) is 2.21. The maximum atomic E-state index is 14.2. The van der Waals surface area contributed by atoms with Gasteiger partial charge in [-0.2, -0.15) is 0 Å². The van der Waals surface area contributed by atoms with Gasteiger partial charge in [-0.25, -0.2) is 19.1 Å². The zero-order valence-corrected chi connectivity index (χ0v) is 30.8. The molecule has 4 heterocycles. The number of phosphoric ester groups is 1. The van der Waals surface area contributed by atoms with E-state index in [0.29, 0.717) is 41.6 Å². The van der Waals surface area contributed by atoms with E-state index in [2.05, 4.69) is 0 Å². The van der Waals surface area contributed by atoms with Crippen molar-refractivity contribution >= 4 is 36.5 Å². The highest BCUT2D eigenvalue weighted by atomic mass is 31.2. The van der Waals surface area contributed by atoms with Gasteiger partial charge in [0.2, 0.25) is 5.60 Å². The number of unbranched alkanes of at least 4 members (excludes halogenated alkanes) is 2. The van der Waals surface area contributed by atoms with Crippen molar-refractivity contribution in [2.75, 3.05) is 13.2 Å².